The molecule has 0 bridgehead atoms. The molecular formula is C17H14BrIN2O. The van der Waals surface area contributed by atoms with Crippen molar-refractivity contribution < 1.29 is 4.57 Å². The number of nitrogens with zero attached hydrogens (tertiary/aromatic N) is 2. The summed E-state index contributed by atoms with van der Waals surface area (Å²) in [5.74, 6) is 0. The standard InChI is InChI=1S/C17H13BrN2O.HI/c18-16-6-3-9-20(11-16)12-17(19-21)15-8-7-13-4-1-2-5-14(13)10-15;/h1-11H,12H2;1H/b19-17+;. The lowest BCUT2D eigenvalue weighted by Crippen LogP contribution is -2.37. The lowest BCUT2D eigenvalue weighted by Gasteiger charge is -2.08. The van der Waals surface area contributed by atoms with Gasteiger partial charge in [0.05, 0.1) is 4.47 Å². The lowest BCUT2D eigenvalue weighted by atomic mass is 10.0. The fraction of sp³-hybridized carbons (Fsp3) is 0.0588. The number of pyridine rings is 1. The van der Waals surface area contributed by atoms with Crippen LogP contribution in [-0.4, -0.2) is 5.71 Å². The second-order valence-corrected chi connectivity index (χ2v) is 5.71. The highest BCUT2D eigenvalue weighted by molar-refractivity contribution is 14.0. The number of benzene rings is 2. The quantitative estimate of drug-likeness (QED) is 0.241. The van der Waals surface area contributed by atoms with Crippen LogP contribution in [0, 0.1) is 5.21 Å². The predicted molar refractivity (Wildman–Crippen MR) is 104 cm³/mol. The summed E-state index contributed by atoms with van der Waals surface area (Å²) < 4.78 is 2.89. The third-order valence-electron chi connectivity index (χ3n) is 3.35. The Balaban J connectivity index is 0.00000176. The van der Waals surface area contributed by atoms with E-state index in [4.69, 9.17) is 0 Å². The molecule has 1 heterocycles. The number of rotatable bonds is 3. The number of fused-ring (bicyclic) bond motifs is 1. The highest BCUT2D eigenvalue weighted by Crippen LogP contribution is 2.16. The normalized spacial score (nSPS) is 11.2. The van der Waals surface area contributed by atoms with Crippen molar-refractivity contribution in [2.75, 3.05) is 0 Å². The van der Waals surface area contributed by atoms with Gasteiger partial charge in [0, 0.05) is 11.6 Å². The van der Waals surface area contributed by atoms with Crippen LogP contribution >= 0.6 is 39.9 Å². The van der Waals surface area contributed by atoms with Gasteiger partial charge in [0.15, 0.2) is 18.9 Å². The number of hydrogen-bond donors (Lipinski definition) is 0. The zero-order valence-electron chi connectivity index (χ0n) is 11.6. The van der Waals surface area contributed by atoms with E-state index >= 15 is 0 Å². The van der Waals surface area contributed by atoms with Gasteiger partial charge in [-0.25, -0.2) is 0 Å². The van der Waals surface area contributed by atoms with Gasteiger partial charge in [0.25, 0.3) is 0 Å². The molecule has 0 atom stereocenters. The van der Waals surface area contributed by atoms with Crippen molar-refractivity contribution in [3.63, 3.8) is 0 Å². The van der Waals surface area contributed by atoms with E-state index in [9.17, 15) is 5.21 Å². The molecule has 0 aliphatic heterocycles. The van der Waals surface area contributed by atoms with Crippen LogP contribution in [0.25, 0.3) is 10.8 Å². The summed E-state index contributed by atoms with van der Waals surface area (Å²) in [7, 11) is 0. The zero-order valence-corrected chi connectivity index (χ0v) is 15.6. The van der Waals surface area contributed by atoms with Crippen molar-refractivity contribution in [1.82, 2.24) is 0 Å². The molecule has 3 rings (SSSR count). The Hall–Kier alpha value is -1.47. The predicted octanol–water partition coefficient (Wildman–Crippen LogP) is 4.49. The fourth-order valence-electron chi connectivity index (χ4n) is 2.30. The van der Waals surface area contributed by atoms with E-state index in [1.54, 1.807) is 0 Å². The van der Waals surface area contributed by atoms with E-state index in [-0.39, 0.29) is 24.0 Å². The molecule has 0 spiro atoms. The highest BCUT2D eigenvalue weighted by Gasteiger charge is 2.09. The van der Waals surface area contributed by atoms with Crippen LogP contribution in [0.3, 0.4) is 0 Å². The van der Waals surface area contributed by atoms with Gasteiger partial charge in [-0.05, 0) is 38.8 Å². The highest BCUT2D eigenvalue weighted by atomic mass is 127. The zero-order chi connectivity index (χ0) is 14.7. The van der Waals surface area contributed by atoms with Gasteiger partial charge in [-0.1, -0.05) is 36.4 Å². The number of halogens is 2. The van der Waals surface area contributed by atoms with E-state index in [1.807, 2.05) is 65.5 Å². The fourth-order valence-corrected chi connectivity index (χ4v) is 2.72. The first-order valence-corrected chi connectivity index (χ1v) is 7.38. The summed E-state index contributed by atoms with van der Waals surface area (Å²) in [6.07, 6.45) is 3.84. The Bertz CT molecular complexity index is 820. The minimum Gasteiger partial charge on any atom is -0.792 e. The van der Waals surface area contributed by atoms with Crippen LogP contribution in [0.5, 0.6) is 0 Å². The first-order chi connectivity index (χ1) is 10.3. The molecule has 0 fully saturated rings. The first-order valence-electron chi connectivity index (χ1n) is 6.59. The number of aromatic nitrogens is 1. The van der Waals surface area contributed by atoms with E-state index in [2.05, 4.69) is 27.2 Å². The van der Waals surface area contributed by atoms with Crippen molar-refractivity contribution in [3.8, 4) is 0 Å². The summed E-state index contributed by atoms with van der Waals surface area (Å²) in [6, 6.07) is 17.9. The summed E-state index contributed by atoms with van der Waals surface area (Å²) >= 11 is 3.42. The molecule has 0 unspecified atom stereocenters. The van der Waals surface area contributed by atoms with E-state index in [0.717, 1.165) is 20.8 Å². The molecule has 5 heteroatoms. The first kappa shape index (κ1) is 16.9. The molecule has 2 aromatic carbocycles. The molecule has 0 radical (unpaired) electrons. The van der Waals surface area contributed by atoms with Gasteiger partial charge in [-0.2, -0.15) is 4.57 Å². The lowest BCUT2D eigenvalue weighted by molar-refractivity contribution is -0.682. The topological polar surface area (TPSA) is 39.3 Å². The second-order valence-electron chi connectivity index (χ2n) is 4.79. The Morgan fingerprint density at radius 1 is 1.05 bits per heavy atom. The smallest absolute Gasteiger partial charge is 0.190 e. The molecule has 1 aromatic heterocycles. The molecule has 0 saturated heterocycles. The maximum Gasteiger partial charge on any atom is 0.190 e. The van der Waals surface area contributed by atoms with Gasteiger partial charge < -0.3 is 10.4 Å². The van der Waals surface area contributed by atoms with E-state index in [0.29, 0.717) is 12.3 Å². The van der Waals surface area contributed by atoms with Crippen LogP contribution in [-0.2, 0) is 6.54 Å². The Kier molecular flexibility index (Phi) is 5.90. The third kappa shape index (κ3) is 3.84. The molecule has 22 heavy (non-hydrogen) atoms. The Morgan fingerprint density at radius 3 is 2.55 bits per heavy atom. The largest absolute Gasteiger partial charge is 0.792 e. The Morgan fingerprint density at radius 2 is 1.82 bits per heavy atom. The average molecular weight is 469 g/mol. The minimum absolute atomic E-state index is 0. The van der Waals surface area contributed by atoms with Crippen molar-refractivity contribution in [2.24, 2.45) is 5.16 Å². The van der Waals surface area contributed by atoms with Gasteiger partial charge in [0.1, 0.15) is 5.71 Å². The van der Waals surface area contributed by atoms with Crippen molar-refractivity contribution in [3.05, 3.63) is 82.2 Å². The molecule has 3 nitrogen and oxygen atoms in total. The molecular weight excluding hydrogens is 455 g/mol. The van der Waals surface area contributed by atoms with Crippen molar-refractivity contribution in [1.29, 1.82) is 0 Å². The summed E-state index contributed by atoms with van der Waals surface area (Å²) in [4.78, 5) is 0. The third-order valence-corrected chi connectivity index (χ3v) is 3.82. The monoisotopic (exact) mass is 468 g/mol. The van der Waals surface area contributed by atoms with Gasteiger partial charge in [-0.3, -0.25) is 0 Å². The molecule has 0 aliphatic carbocycles. The minimum atomic E-state index is 0. The van der Waals surface area contributed by atoms with Crippen LogP contribution in [0.15, 0.2) is 76.6 Å². The summed E-state index contributed by atoms with van der Waals surface area (Å²) in [5.41, 5.74) is 1.38. The van der Waals surface area contributed by atoms with E-state index in [1.165, 1.54) is 0 Å². The van der Waals surface area contributed by atoms with Gasteiger partial charge in [-0.15, -0.1) is 24.0 Å². The Labute approximate surface area is 154 Å². The van der Waals surface area contributed by atoms with Crippen LogP contribution in [0.2, 0.25) is 0 Å². The molecule has 0 amide bonds. The maximum absolute atomic E-state index is 11.2. The van der Waals surface area contributed by atoms with E-state index < -0.39 is 0 Å². The SMILES string of the molecule is I.[O-]/N=C(\C[n+]1cccc(Br)c1)c1ccc2ccccc2c1. The molecule has 3 aromatic rings. The molecule has 0 aliphatic rings. The summed E-state index contributed by atoms with van der Waals surface area (Å²) in [5, 5.41) is 16.7. The molecule has 112 valence electrons. The second kappa shape index (κ2) is 7.69. The van der Waals surface area contributed by atoms with Gasteiger partial charge >= 0.3 is 0 Å². The summed E-state index contributed by atoms with van der Waals surface area (Å²) in [6.45, 7) is 0.446. The van der Waals surface area contributed by atoms with Crippen molar-refractivity contribution in [2.45, 2.75) is 6.54 Å². The van der Waals surface area contributed by atoms with Crippen LogP contribution in [0.1, 0.15) is 5.56 Å². The molecule has 0 N–H and O–H groups in total. The maximum atomic E-state index is 11.2. The van der Waals surface area contributed by atoms with Crippen molar-refractivity contribution >= 4 is 56.4 Å². The van der Waals surface area contributed by atoms with Crippen LogP contribution < -0.4 is 4.57 Å². The molecule has 0 saturated carbocycles. The van der Waals surface area contributed by atoms with Crippen LogP contribution in [0.4, 0.5) is 0 Å². The number of hydrogen-bond acceptors (Lipinski definition) is 2. The van der Waals surface area contributed by atoms with Gasteiger partial charge in [0.2, 0.25) is 0 Å². The average Bonchev–Trinajstić information content (AvgIpc) is 2.52.